The van der Waals surface area contributed by atoms with E-state index in [-0.39, 0.29) is 4.90 Å². The maximum Gasteiger partial charge on any atom is 0.240 e. The lowest BCUT2D eigenvalue weighted by Crippen LogP contribution is -2.25. The summed E-state index contributed by atoms with van der Waals surface area (Å²) < 4.78 is 26.7. The van der Waals surface area contributed by atoms with E-state index >= 15 is 0 Å². The summed E-state index contributed by atoms with van der Waals surface area (Å²) in [5, 5.41) is 3.00. The monoisotopic (exact) mass is 269 g/mol. The number of hydrogen-bond donors (Lipinski definition) is 2. The minimum Gasteiger partial charge on any atom is -0.370 e. The Hall–Kier alpha value is -1.14. The minimum absolute atomic E-state index is 0.268. The van der Waals surface area contributed by atoms with E-state index in [9.17, 15) is 8.42 Å². The van der Waals surface area contributed by atoms with Gasteiger partial charge < -0.3 is 5.32 Å². The molecule has 0 unspecified atom stereocenters. The van der Waals surface area contributed by atoms with Crippen molar-refractivity contribution in [3.8, 4) is 0 Å². The van der Waals surface area contributed by atoms with Gasteiger partial charge in [-0.2, -0.15) is 0 Å². The Labute approximate surface area is 108 Å². The molecule has 1 aromatic rings. The van der Waals surface area contributed by atoms with Crippen LogP contribution in [0.1, 0.15) is 26.2 Å². The smallest absolute Gasteiger partial charge is 0.240 e. The number of nitrogens with zero attached hydrogens (tertiary/aromatic N) is 1. The average molecular weight is 269 g/mol. The summed E-state index contributed by atoms with van der Waals surface area (Å²) in [5.74, 6) is 1.31. The van der Waals surface area contributed by atoms with Crippen molar-refractivity contribution in [3.63, 3.8) is 0 Å². The number of aromatic nitrogens is 1. The van der Waals surface area contributed by atoms with Crippen molar-refractivity contribution in [2.45, 2.75) is 31.1 Å². The zero-order valence-electron chi connectivity index (χ0n) is 10.5. The lowest BCUT2D eigenvalue weighted by molar-refractivity contribution is 0.575. The third kappa shape index (κ3) is 3.68. The first-order valence-electron chi connectivity index (χ1n) is 6.31. The molecule has 0 atom stereocenters. The molecule has 1 aliphatic carbocycles. The van der Waals surface area contributed by atoms with Gasteiger partial charge in [0.25, 0.3) is 0 Å². The predicted molar refractivity (Wildman–Crippen MR) is 70.9 cm³/mol. The van der Waals surface area contributed by atoms with E-state index in [1.54, 1.807) is 6.07 Å². The summed E-state index contributed by atoms with van der Waals surface area (Å²) in [5.41, 5.74) is 0. The molecule has 0 aliphatic heterocycles. The molecule has 6 heteroatoms. The van der Waals surface area contributed by atoms with Crippen LogP contribution in [0.25, 0.3) is 0 Å². The number of anilines is 1. The van der Waals surface area contributed by atoms with Gasteiger partial charge in [0.1, 0.15) is 5.82 Å². The van der Waals surface area contributed by atoms with E-state index in [1.807, 2.05) is 6.92 Å². The van der Waals surface area contributed by atoms with Crippen LogP contribution in [0.3, 0.4) is 0 Å². The molecule has 0 spiro atoms. The molecule has 0 amide bonds. The van der Waals surface area contributed by atoms with E-state index in [0.29, 0.717) is 18.9 Å². The highest BCUT2D eigenvalue weighted by molar-refractivity contribution is 7.89. The van der Waals surface area contributed by atoms with Crippen LogP contribution in [0.4, 0.5) is 5.82 Å². The topological polar surface area (TPSA) is 71.1 Å². The largest absolute Gasteiger partial charge is 0.370 e. The van der Waals surface area contributed by atoms with Gasteiger partial charge in [0, 0.05) is 25.4 Å². The molecule has 100 valence electrons. The van der Waals surface area contributed by atoms with Gasteiger partial charge in [-0.1, -0.05) is 12.8 Å². The molecule has 1 aromatic heterocycles. The summed E-state index contributed by atoms with van der Waals surface area (Å²) in [6.45, 7) is 3.17. The molecule has 1 heterocycles. The highest BCUT2D eigenvalue weighted by Crippen LogP contribution is 2.31. The van der Waals surface area contributed by atoms with Crippen molar-refractivity contribution in [1.29, 1.82) is 0 Å². The molecule has 5 nitrogen and oxygen atoms in total. The predicted octanol–water partition coefficient (Wildman–Crippen LogP) is 1.59. The summed E-state index contributed by atoms with van der Waals surface area (Å²) in [7, 11) is -3.40. The number of pyridine rings is 1. The van der Waals surface area contributed by atoms with Crippen LogP contribution in [-0.2, 0) is 10.0 Å². The number of nitrogens with one attached hydrogen (secondary N) is 2. The molecular formula is C12H19N3O2S. The van der Waals surface area contributed by atoms with Crippen molar-refractivity contribution in [3.05, 3.63) is 18.3 Å². The van der Waals surface area contributed by atoms with Crippen LogP contribution < -0.4 is 10.0 Å². The van der Waals surface area contributed by atoms with Crippen molar-refractivity contribution >= 4 is 15.8 Å². The summed E-state index contributed by atoms with van der Waals surface area (Å²) >= 11 is 0. The van der Waals surface area contributed by atoms with E-state index < -0.39 is 10.0 Å². The highest BCUT2D eigenvalue weighted by Gasteiger charge is 2.22. The maximum absolute atomic E-state index is 12.0. The first-order chi connectivity index (χ1) is 8.62. The Kier molecular flexibility index (Phi) is 4.19. The number of hydrogen-bond acceptors (Lipinski definition) is 4. The van der Waals surface area contributed by atoms with E-state index in [2.05, 4.69) is 15.0 Å². The molecule has 1 aliphatic rings. The first kappa shape index (κ1) is 13.3. The Morgan fingerprint density at radius 1 is 1.44 bits per heavy atom. The van der Waals surface area contributed by atoms with Crippen molar-refractivity contribution < 1.29 is 8.42 Å². The van der Waals surface area contributed by atoms with Gasteiger partial charge in [0.15, 0.2) is 0 Å². The molecule has 0 radical (unpaired) electrons. The fourth-order valence-electron chi connectivity index (χ4n) is 1.74. The SMILES string of the molecule is CCNc1cc(S(=O)(=O)NCCC2CC2)ccn1. The van der Waals surface area contributed by atoms with Crippen molar-refractivity contribution in [2.24, 2.45) is 5.92 Å². The van der Waals surface area contributed by atoms with Crippen LogP contribution in [0.2, 0.25) is 0 Å². The molecule has 1 saturated carbocycles. The number of rotatable bonds is 7. The Morgan fingerprint density at radius 3 is 2.89 bits per heavy atom. The van der Waals surface area contributed by atoms with Crippen LogP contribution in [0.15, 0.2) is 23.2 Å². The van der Waals surface area contributed by atoms with E-state index in [0.717, 1.165) is 12.3 Å². The van der Waals surface area contributed by atoms with Gasteiger partial charge in [-0.3, -0.25) is 0 Å². The first-order valence-corrected chi connectivity index (χ1v) is 7.79. The quantitative estimate of drug-likeness (QED) is 0.788. The second-order valence-electron chi connectivity index (χ2n) is 4.54. The van der Waals surface area contributed by atoms with Gasteiger partial charge in [-0.15, -0.1) is 0 Å². The third-order valence-electron chi connectivity index (χ3n) is 2.94. The molecule has 0 bridgehead atoms. The van der Waals surface area contributed by atoms with E-state index in [4.69, 9.17) is 0 Å². The highest BCUT2D eigenvalue weighted by atomic mass is 32.2. The lowest BCUT2D eigenvalue weighted by Gasteiger charge is -2.08. The minimum atomic E-state index is -3.40. The zero-order chi connectivity index (χ0) is 13.0. The summed E-state index contributed by atoms with van der Waals surface area (Å²) in [6.07, 6.45) is 4.92. The summed E-state index contributed by atoms with van der Waals surface area (Å²) in [6, 6.07) is 3.07. The van der Waals surface area contributed by atoms with Crippen LogP contribution in [0, 0.1) is 5.92 Å². The summed E-state index contributed by atoms with van der Waals surface area (Å²) in [4.78, 5) is 4.33. The second kappa shape index (κ2) is 5.67. The maximum atomic E-state index is 12.0. The normalized spacial score (nSPS) is 15.6. The fraction of sp³-hybridized carbons (Fsp3) is 0.583. The zero-order valence-corrected chi connectivity index (χ0v) is 11.3. The number of sulfonamides is 1. The van der Waals surface area contributed by atoms with Gasteiger partial charge in [-0.25, -0.2) is 18.1 Å². The molecule has 0 aromatic carbocycles. The van der Waals surface area contributed by atoms with Crippen molar-refractivity contribution in [2.75, 3.05) is 18.4 Å². The standard InChI is InChI=1S/C12H19N3O2S/c1-2-13-12-9-11(6-7-14-12)18(16,17)15-8-5-10-3-4-10/h6-7,9-10,15H,2-5,8H2,1H3,(H,13,14). The van der Waals surface area contributed by atoms with Crippen LogP contribution >= 0.6 is 0 Å². The van der Waals surface area contributed by atoms with Gasteiger partial charge >= 0.3 is 0 Å². The average Bonchev–Trinajstić information content (AvgIpc) is 3.14. The fourth-order valence-corrected chi connectivity index (χ4v) is 2.80. The molecule has 18 heavy (non-hydrogen) atoms. The molecule has 1 fully saturated rings. The second-order valence-corrected chi connectivity index (χ2v) is 6.30. The molecular weight excluding hydrogens is 250 g/mol. The molecule has 2 N–H and O–H groups in total. The van der Waals surface area contributed by atoms with Gasteiger partial charge in [0.2, 0.25) is 10.0 Å². The van der Waals surface area contributed by atoms with Crippen LogP contribution in [0.5, 0.6) is 0 Å². The van der Waals surface area contributed by atoms with Crippen molar-refractivity contribution in [1.82, 2.24) is 9.71 Å². The third-order valence-corrected chi connectivity index (χ3v) is 4.40. The van der Waals surface area contributed by atoms with Crippen LogP contribution in [-0.4, -0.2) is 26.5 Å². The lowest BCUT2D eigenvalue weighted by atomic mass is 10.3. The molecule has 2 rings (SSSR count). The Bertz CT molecular complexity index is 498. The Balaban J connectivity index is 2.00. The van der Waals surface area contributed by atoms with Gasteiger partial charge in [0.05, 0.1) is 4.90 Å². The molecule has 0 saturated heterocycles. The van der Waals surface area contributed by atoms with Gasteiger partial charge in [-0.05, 0) is 25.3 Å². The Morgan fingerprint density at radius 2 is 2.22 bits per heavy atom. The van der Waals surface area contributed by atoms with E-state index in [1.165, 1.54) is 25.1 Å².